The van der Waals surface area contributed by atoms with Crippen LogP contribution in [0.15, 0.2) is 37.1 Å². The second-order valence-electron chi connectivity index (χ2n) is 3.01. The Hall–Kier alpha value is -1.02. The Morgan fingerprint density at radius 1 is 1.38 bits per heavy atom. The predicted octanol–water partition coefficient (Wildman–Crippen LogP) is 2.21. The van der Waals surface area contributed by atoms with Crippen LogP contribution in [0.4, 0.5) is 0 Å². The van der Waals surface area contributed by atoms with Gasteiger partial charge in [0.2, 0.25) is 0 Å². The molecule has 0 aromatic heterocycles. The van der Waals surface area contributed by atoms with Gasteiger partial charge in [0.15, 0.2) is 0 Å². The zero-order valence-electron chi connectivity index (χ0n) is 8.62. The van der Waals surface area contributed by atoms with E-state index >= 15 is 0 Å². The molecule has 0 N–H and O–H groups in total. The Bertz CT molecular complexity index is 183. The highest BCUT2D eigenvalue weighted by Gasteiger charge is 1.92. The van der Waals surface area contributed by atoms with E-state index < -0.39 is 0 Å². The summed E-state index contributed by atoms with van der Waals surface area (Å²) in [6, 6.07) is 0. The quantitative estimate of drug-likeness (QED) is 0.339. The Kier molecular flexibility index (Phi) is 7.02. The number of rotatable bonds is 7. The van der Waals surface area contributed by atoms with E-state index in [0.29, 0.717) is 0 Å². The molecule has 74 valence electrons. The topological polar surface area (TPSA) is 12.5 Å². The minimum absolute atomic E-state index is 0.726. The van der Waals surface area contributed by atoms with Gasteiger partial charge in [0, 0.05) is 6.54 Å². The van der Waals surface area contributed by atoms with Gasteiger partial charge in [-0.2, -0.15) is 0 Å². The maximum atomic E-state index is 5.43. The highest BCUT2D eigenvalue weighted by Crippen LogP contribution is 1.99. The average Bonchev–Trinajstić information content (AvgIpc) is 2.10. The van der Waals surface area contributed by atoms with E-state index in [2.05, 4.69) is 18.1 Å². The third-order valence-electron chi connectivity index (χ3n) is 1.50. The number of hydrogen-bond acceptors (Lipinski definition) is 2. The minimum Gasteiger partial charge on any atom is -0.494 e. The molecule has 0 aliphatic rings. The SMILES string of the molecule is C=C/C=C(\C=C)OCCCN(C)C. The first kappa shape index (κ1) is 12.0. The minimum atomic E-state index is 0.726. The summed E-state index contributed by atoms with van der Waals surface area (Å²) in [5.41, 5.74) is 0. The molecule has 0 spiro atoms. The summed E-state index contributed by atoms with van der Waals surface area (Å²) < 4.78 is 5.43. The highest BCUT2D eigenvalue weighted by atomic mass is 16.5. The summed E-state index contributed by atoms with van der Waals surface area (Å²) in [4.78, 5) is 2.13. The van der Waals surface area contributed by atoms with Crippen LogP contribution in [0, 0.1) is 0 Å². The molecule has 2 nitrogen and oxygen atoms in total. The third kappa shape index (κ3) is 7.34. The summed E-state index contributed by atoms with van der Waals surface area (Å²) >= 11 is 0. The fourth-order valence-electron chi connectivity index (χ4n) is 0.862. The van der Waals surface area contributed by atoms with Crippen LogP contribution < -0.4 is 0 Å². The van der Waals surface area contributed by atoms with Crippen molar-refractivity contribution >= 4 is 0 Å². The van der Waals surface area contributed by atoms with E-state index in [1.165, 1.54) is 0 Å². The van der Waals surface area contributed by atoms with Crippen LogP contribution in [-0.4, -0.2) is 32.1 Å². The van der Waals surface area contributed by atoms with Crippen LogP contribution in [0.3, 0.4) is 0 Å². The maximum absolute atomic E-state index is 5.43. The van der Waals surface area contributed by atoms with Crippen molar-refractivity contribution < 1.29 is 4.74 Å². The lowest BCUT2D eigenvalue weighted by Gasteiger charge is -2.10. The largest absolute Gasteiger partial charge is 0.494 e. The monoisotopic (exact) mass is 181 g/mol. The van der Waals surface area contributed by atoms with Crippen molar-refractivity contribution in [2.75, 3.05) is 27.2 Å². The van der Waals surface area contributed by atoms with Crippen LogP contribution in [0.25, 0.3) is 0 Å². The second-order valence-corrected chi connectivity index (χ2v) is 3.01. The molecule has 0 aromatic rings. The van der Waals surface area contributed by atoms with Gasteiger partial charge in [0.25, 0.3) is 0 Å². The Balaban J connectivity index is 3.56. The molecule has 0 bridgehead atoms. The predicted molar refractivity (Wildman–Crippen MR) is 57.6 cm³/mol. The van der Waals surface area contributed by atoms with Gasteiger partial charge in [-0.15, -0.1) is 0 Å². The van der Waals surface area contributed by atoms with Crippen LogP contribution in [0.1, 0.15) is 6.42 Å². The number of hydrogen-bond donors (Lipinski definition) is 0. The molecular weight excluding hydrogens is 162 g/mol. The third-order valence-corrected chi connectivity index (χ3v) is 1.50. The standard InChI is InChI=1S/C11H19NO/c1-5-8-11(6-2)13-10-7-9-12(3)4/h5-6,8H,1-2,7,9-10H2,3-4H3/b11-8+. The second kappa shape index (κ2) is 7.62. The van der Waals surface area contributed by atoms with Gasteiger partial charge in [0.1, 0.15) is 5.76 Å². The van der Waals surface area contributed by atoms with Gasteiger partial charge in [-0.3, -0.25) is 0 Å². The fraction of sp³-hybridized carbons (Fsp3) is 0.455. The lowest BCUT2D eigenvalue weighted by molar-refractivity contribution is 0.207. The molecule has 0 saturated heterocycles. The first-order chi connectivity index (χ1) is 6.20. The van der Waals surface area contributed by atoms with Crippen molar-refractivity contribution in [1.29, 1.82) is 0 Å². The van der Waals surface area contributed by atoms with Crippen LogP contribution >= 0.6 is 0 Å². The van der Waals surface area contributed by atoms with Gasteiger partial charge < -0.3 is 9.64 Å². The number of nitrogens with zero attached hydrogens (tertiary/aromatic N) is 1. The molecule has 0 aromatic carbocycles. The first-order valence-corrected chi connectivity index (χ1v) is 4.43. The highest BCUT2D eigenvalue weighted by molar-refractivity contribution is 5.14. The molecule has 0 radical (unpaired) electrons. The fourth-order valence-corrected chi connectivity index (χ4v) is 0.862. The molecule has 0 saturated carbocycles. The lowest BCUT2D eigenvalue weighted by Crippen LogP contribution is -2.14. The molecule has 0 aliphatic heterocycles. The summed E-state index contributed by atoms with van der Waals surface area (Å²) in [7, 11) is 4.10. The molecule has 0 amide bonds. The van der Waals surface area contributed by atoms with Gasteiger partial charge in [-0.05, 0) is 32.7 Å². The normalized spacial score (nSPS) is 11.5. The molecule has 0 aliphatic carbocycles. The van der Waals surface area contributed by atoms with Gasteiger partial charge >= 0.3 is 0 Å². The van der Waals surface area contributed by atoms with E-state index in [9.17, 15) is 0 Å². The van der Waals surface area contributed by atoms with Gasteiger partial charge in [-0.25, -0.2) is 0 Å². The summed E-state index contributed by atoms with van der Waals surface area (Å²) in [5, 5.41) is 0. The van der Waals surface area contributed by atoms with E-state index in [1.54, 1.807) is 12.2 Å². The van der Waals surface area contributed by atoms with Gasteiger partial charge in [0.05, 0.1) is 6.61 Å². The summed E-state index contributed by atoms with van der Waals surface area (Å²) in [5.74, 6) is 0.786. The molecule has 0 fully saturated rings. The van der Waals surface area contributed by atoms with Crippen molar-refractivity contribution in [3.8, 4) is 0 Å². The number of ether oxygens (including phenoxy) is 1. The summed E-state index contributed by atoms with van der Waals surface area (Å²) in [6.45, 7) is 9.00. The van der Waals surface area contributed by atoms with Gasteiger partial charge in [-0.1, -0.05) is 19.2 Å². The van der Waals surface area contributed by atoms with Crippen molar-refractivity contribution in [2.24, 2.45) is 0 Å². The molecular formula is C11H19NO. The van der Waals surface area contributed by atoms with Crippen molar-refractivity contribution in [1.82, 2.24) is 4.90 Å². The zero-order chi connectivity index (χ0) is 10.1. The van der Waals surface area contributed by atoms with Crippen LogP contribution in [0.2, 0.25) is 0 Å². The lowest BCUT2D eigenvalue weighted by atomic mass is 10.4. The molecule has 0 atom stereocenters. The molecule has 0 rings (SSSR count). The maximum Gasteiger partial charge on any atom is 0.118 e. The van der Waals surface area contributed by atoms with Crippen molar-refractivity contribution in [3.63, 3.8) is 0 Å². The van der Waals surface area contributed by atoms with E-state index in [-0.39, 0.29) is 0 Å². The van der Waals surface area contributed by atoms with Crippen molar-refractivity contribution in [3.05, 3.63) is 37.1 Å². The smallest absolute Gasteiger partial charge is 0.118 e. The molecule has 2 heteroatoms. The van der Waals surface area contributed by atoms with Crippen LogP contribution in [0.5, 0.6) is 0 Å². The molecule has 13 heavy (non-hydrogen) atoms. The number of allylic oxidation sites excluding steroid dienone is 3. The van der Waals surface area contributed by atoms with E-state index in [0.717, 1.165) is 25.3 Å². The summed E-state index contributed by atoms with van der Waals surface area (Å²) in [6.07, 6.45) is 6.22. The van der Waals surface area contributed by atoms with Crippen LogP contribution in [-0.2, 0) is 4.74 Å². The van der Waals surface area contributed by atoms with E-state index in [4.69, 9.17) is 4.74 Å². The zero-order valence-corrected chi connectivity index (χ0v) is 8.62. The average molecular weight is 181 g/mol. The van der Waals surface area contributed by atoms with Crippen molar-refractivity contribution in [2.45, 2.75) is 6.42 Å². The van der Waals surface area contributed by atoms with E-state index in [1.807, 2.05) is 20.2 Å². The first-order valence-electron chi connectivity index (χ1n) is 4.43. The Morgan fingerprint density at radius 2 is 2.08 bits per heavy atom. The molecule has 0 unspecified atom stereocenters. The Morgan fingerprint density at radius 3 is 2.54 bits per heavy atom. The molecule has 0 heterocycles. The Labute approximate surface area is 81.2 Å².